The Balaban J connectivity index is 2.64. The van der Waals surface area contributed by atoms with E-state index in [9.17, 15) is 9.18 Å². The first kappa shape index (κ1) is 9.67. The standard InChI is InChI=1S/C9H11FN2O/c10-7-3-1-6(2-4-7)5-8(11)9(12)13/h1-4,8H,5,11H2,(H2,12,13)/t8-/m1/s1. The fraction of sp³-hybridized carbons (Fsp3) is 0.222. The fourth-order valence-electron chi connectivity index (χ4n) is 0.975. The van der Waals surface area contributed by atoms with E-state index in [1.54, 1.807) is 12.1 Å². The normalized spacial score (nSPS) is 12.5. The molecule has 4 heteroatoms. The second-order valence-corrected chi connectivity index (χ2v) is 2.84. The second-order valence-electron chi connectivity index (χ2n) is 2.84. The number of carbonyl (C=O) groups excluding carboxylic acids is 1. The van der Waals surface area contributed by atoms with Gasteiger partial charge in [0.15, 0.2) is 0 Å². The summed E-state index contributed by atoms with van der Waals surface area (Å²) in [4.78, 5) is 10.6. The van der Waals surface area contributed by atoms with Crippen molar-refractivity contribution in [1.29, 1.82) is 0 Å². The minimum Gasteiger partial charge on any atom is -0.368 e. The zero-order chi connectivity index (χ0) is 9.84. The van der Waals surface area contributed by atoms with E-state index in [2.05, 4.69) is 0 Å². The van der Waals surface area contributed by atoms with E-state index in [0.29, 0.717) is 6.42 Å². The number of nitrogens with two attached hydrogens (primary N) is 2. The number of hydrogen-bond donors (Lipinski definition) is 2. The van der Waals surface area contributed by atoms with Gasteiger partial charge in [-0.25, -0.2) is 4.39 Å². The fourth-order valence-corrected chi connectivity index (χ4v) is 0.975. The van der Waals surface area contributed by atoms with E-state index in [0.717, 1.165) is 5.56 Å². The molecule has 0 aliphatic carbocycles. The monoisotopic (exact) mass is 182 g/mol. The van der Waals surface area contributed by atoms with Gasteiger partial charge in [0, 0.05) is 0 Å². The SMILES string of the molecule is NC(=O)[C@H](N)Cc1ccc(F)cc1. The highest BCUT2D eigenvalue weighted by molar-refractivity contribution is 5.79. The van der Waals surface area contributed by atoms with Crippen molar-refractivity contribution < 1.29 is 9.18 Å². The molecule has 1 rings (SSSR count). The van der Waals surface area contributed by atoms with Crippen LogP contribution in [0.1, 0.15) is 5.56 Å². The summed E-state index contributed by atoms with van der Waals surface area (Å²) in [6, 6.07) is 5.10. The lowest BCUT2D eigenvalue weighted by Crippen LogP contribution is -2.38. The molecule has 0 spiro atoms. The van der Waals surface area contributed by atoms with E-state index in [-0.39, 0.29) is 5.82 Å². The maximum Gasteiger partial charge on any atom is 0.234 e. The highest BCUT2D eigenvalue weighted by atomic mass is 19.1. The number of rotatable bonds is 3. The van der Waals surface area contributed by atoms with Crippen LogP contribution in [0, 0.1) is 5.82 Å². The van der Waals surface area contributed by atoms with Gasteiger partial charge in [0.2, 0.25) is 5.91 Å². The smallest absolute Gasteiger partial charge is 0.234 e. The van der Waals surface area contributed by atoms with Crippen LogP contribution in [0.5, 0.6) is 0 Å². The molecule has 0 radical (unpaired) electrons. The maximum atomic E-state index is 12.5. The minimum absolute atomic E-state index is 0.309. The largest absolute Gasteiger partial charge is 0.368 e. The lowest BCUT2D eigenvalue weighted by molar-refractivity contribution is -0.119. The predicted molar refractivity (Wildman–Crippen MR) is 47.3 cm³/mol. The molecule has 1 aromatic rings. The van der Waals surface area contributed by atoms with Gasteiger partial charge in [-0.3, -0.25) is 4.79 Å². The maximum absolute atomic E-state index is 12.5. The molecule has 4 N–H and O–H groups in total. The molecule has 70 valence electrons. The molecule has 0 aromatic heterocycles. The first-order valence-electron chi connectivity index (χ1n) is 3.89. The first-order chi connectivity index (χ1) is 6.09. The highest BCUT2D eigenvalue weighted by Gasteiger charge is 2.09. The van der Waals surface area contributed by atoms with Crippen LogP contribution >= 0.6 is 0 Å². The van der Waals surface area contributed by atoms with E-state index in [1.807, 2.05) is 0 Å². The Bertz CT molecular complexity index is 297. The van der Waals surface area contributed by atoms with E-state index in [4.69, 9.17) is 11.5 Å². The van der Waals surface area contributed by atoms with Gasteiger partial charge in [-0.1, -0.05) is 12.1 Å². The Hall–Kier alpha value is -1.42. The lowest BCUT2D eigenvalue weighted by atomic mass is 10.1. The molecule has 13 heavy (non-hydrogen) atoms. The summed E-state index contributed by atoms with van der Waals surface area (Å²) in [5.41, 5.74) is 11.2. The van der Waals surface area contributed by atoms with E-state index < -0.39 is 11.9 Å². The van der Waals surface area contributed by atoms with Gasteiger partial charge in [-0.05, 0) is 24.1 Å². The molecule has 0 saturated heterocycles. The summed E-state index contributed by atoms with van der Waals surface area (Å²) in [6.45, 7) is 0. The van der Waals surface area contributed by atoms with Crippen LogP contribution in [0.2, 0.25) is 0 Å². The number of primary amides is 1. The Morgan fingerprint density at radius 2 is 1.92 bits per heavy atom. The van der Waals surface area contributed by atoms with Gasteiger partial charge in [-0.2, -0.15) is 0 Å². The van der Waals surface area contributed by atoms with Gasteiger partial charge in [0.1, 0.15) is 5.82 Å². The van der Waals surface area contributed by atoms with Crippen LogP contribution in [0.25, 0.3) is 0 Å². The second kappa shape index (κ2) is 4.00. The number of amides is 1. The molecule has 1 atom stereocenters. The van der Waals surface area contributed by atoms with Crippen LogP contribution in [-0.2, 0) is 11.2 Å². The van der Waals surface area contributed by atoms with Gasteiger partial charge < -0.3 is 11.5 Å². The Morgan fingerprint density at radius 3 is 2.38 bits per heavy atom. The molecule has 0 saturated carbocycles. The quantitative estimate of drug-likeness (QED) is 0.700. The summed E-state index contributed by atoms with van der Waals surface area (Å²) in [6.07, 6.45) is 0.343. The molecular formula is C9H11FN2O. The van der Waals surface area contributed by atoms with Crippen LogP contribution in [0.3, 0.4) is 0 Å². The van der Waals surface area contributed by atoms with Crippen molar-refractivity contribution in [3.63, 3.8) is 0 Å². The van der Waals surface area contributed by atoms with Crippen molar-refractivity contribution in [2.75, 3.05) is 0 Å². The number of carbonyl (C=O) groups is 1. The number of halogens is 1. The summed E-state index contributed by atoms with van der Waals surface area (Å²) >= 11 is 0. The third-order valence-corrected chi connectivity index (χ3v) is 1.73. The van der Waals surface area contributed by atoms with Gasteiger partial charge in [0.05, 0.1) is 6.04 Å². The van der Waals surface area contributed by atoms with E-state index in [1.165, 1.54) is 12.1 Å². The molecule has 3 nitrogen and oxygen atoms in total. The summed E-state index contributed by atoms with van der Waals surface area (Å²) < 4.78 is 12.5. The molecule has 0 aliphatic heterocycles. The molecule has 0 unspecified atom stereocenters. The summed E-state index contributed by atoms with van der Waals surface area (Å²) in [7, 11) is 0. The van der Waals surface area contributed by atoms with Gasteiger partial charge >= 0.3 is 0 Å². The topological polar surface area (TPSA) is 69.1 Å². The van der Waals surface area contributed by atoms with Gasteiger partial charge in [-0.15, -0.1) is 0 Å². The molecule has 0 bridgehead atoms. The third kappa shape index (κ3) is 2.83. The average molecular weight is 182 g/mol. The zero-order valence-electron chi connectivity index (χ0n) is 7.03. The summed E-state index contributed by atoms with van der Waals surface area (Å²) in [5, 5.41) is 0. The Morgan fingerprint density at radius 1 is 1.38 bits per heavy atom. The number of benzene rings is 1. The van der Waals surface area contributed by atoms with Crippen molar-refractivity contribution in [3.8, 4) is 0 Å². The third-order valence-electron chi connectivity index (χ3n) is 1.73. The Kier molecular flexibility index (Phi) is 2.97. The average Bonchev–Trinajstić information content (AvgIpc) is 2.08. The predicted octanol–water partition coefficient (Wildman–Crippen LogP) is 0.181. The Labute approximate surface area is 75.5 Å². The molecule has 1 aromatic carbocycles. The molecule has 0 aliphatic rings. The molecular weight excluding hydrogens is 171 g/mol. The zero-order valence-corrected chi connectivity index (χ0v) is 7.03. The summed E-state index contributed by atoms with van der Waals surface area (Å²) in [5.74, 6) is -0.860. The highest BCUT2D eigenvalue weighted by Crippen LogP contribution is 2.04. The van der Waals surface area contributed by atoms with E-state index >= 15 is 0 Å². The van der Waals surface area contributed by atoms with Crippen molar-refractivity contribution in [2.45, 2.75) is 12.5 Å². The molecule has 1 amide bonds. The molecule has 0 heterocycles. The van der Waals surface area contributed by atoms with Crippen LogP contribution in [-0.4, -0.2) is 11.9 Å². The first-order valence-corrected chi connectivity index (χ1v) is 3.89. The van der Waals surface area contributed by atoms with Crippen molar-refractivity contribution in [3.05, 3.63) is 35.6 Å². The van der Waals surface area contributed by atoms with Crippen LogP contribution < -0.4 is 11.5 Å². The van der Waals surface area contributed by atoms with Crippen molar-refractivity contribution >= 4 is 5.91 Å². The molecule has 0 fully saturated rings. The lowest BCUT2D eigenvalue weighted by Gasteiger charge is -2.06. The van der Waals surface area contributed by atoms with Crippen LogP contribution in [0.4, 0.5) is 4.39 Å². The van der Waals surface area contributed by atoms with Crippen LogP contribution in [0.15, 0.2) is 24.3 Å². The van der Waals surface area contributed by atoms with Gasteiger partial charge in [0.25, 0.3) is 0 Å². The van der Waals surface area contributed by atoms with Crippen molar-refractivity contribution in [2.24, 2.45) is 11.5 Å². The minimum atomic E-state index is -0.703. The number of hydrogen-bond acceptors (Lipinski definition) is 2. The van der Waals surface area contributed by atoms with Crippen molar-refractivity contribution in [1.82, 2.24) is 0 Å².